The average Bonchev–Trinajstić information content (AvgIpc) is 3.13. The molecule has 4 aromatic rings. The predicted octanol–water partition coefficient (Wildman–Crippen LogP) is 6.69. The van der Waals surface area contributed by atoms with Crippen LogP contribution in [0.2, 0.25) is 5.02 Å². The number of halogens is 1. The van der Waals surface area contributed by atoms with Crippen LogP contribution in [0.15, 0.2) is 84.9 Å². The minimum atomic E-state index is 0.682. The quantitative estimate of drug-likeness (QED) is 0.334. The third-order valence-corrected chi connectivity index (χ3v) is 6.96. The molecular formula is C30H29ClN4. The fourth-order valence-electron chi connectivity index (χ4n) is 4.76. The van der Waals surface area contributed by atoms with E-state index < -0.39 is 0 Å². The van der Waals surface area contributed by atoms with Crippen LogP contribution in [0.25, 0.3) is 10.8 Å². The van der Waals surface area contributed by atoms with Crippen LogP contribution in [0.3, 0.4) is 0 Å². The standard InChI is InChI=1S/C30H29ClN4/c31-29-19-28(33-21-25-8-10-26-9-7-24(20-32)17-27(26)18-25)11-12-30(29)35-14-4-13-34(15-16-35)22-23-5-2-1-3-6-23/h1-3,5-12,17-19,33H,4,13-16,21-22H2. The zero-order valence-electron chi connectivity index (χ0n) is 19.8. The third-order valence-electron chi connectivity index (χ3n) is 6.66. The van der Waals surface area contributed by atoms with E-state index in [4.69, 9.17) is 16.9 Å². The molecule has 0 radical (unpaired) electrons. The molecule has 0 spiro atoms. The molecule has 0 unspecified atom stereocenters. The van der Waals surface area contributed by atoms with Gasteiger partial charge < -0.3 is 10.2 Å². The van der Waals surface area contributed by atoms with Crippen LogP contribution >= 0.6 is 11.6 Å². The van der Waals surface area contributed by atoms with Gasteiger partial charge in [-0.1, -0.05) is 60.1 Å². The lowest BCUT2D eigenvalue weighted by atomic mass is 10.0. The third kappa shape index (κ3) is 5.77. The molecule has 1 heterocycles. The molecule has 4 nitrogen and oxygen atoms in total. The van der Waals surface area contributed by atoms with E-state index in [1.54, 1.807) is 0 Å². The highest BCUT2D eigenvalue weighted by molar-refractivity contribution is 6.33. The number of benzene rings is 4. The Morgan fingerprint density at radius 3 is 2.49 bits per heavy atom. The number of fused-ring (bicyclic) bond motifs is 1. The van der Waals surface area contributed by atoms with Gasteiger partial charge in [0.05, 0.1) is 22.3 Å². The van der Waals surface area contributed by atoms with Crippen molar-refractivity contribution in [1.82, 2.24) is 4.90 Å². The topological polar surface area (TPSA) is 42.3 Å². The summed E-state index contributed by atoms with van der Waals surface area (Å²) in [6.07, 6.45) is 1.12. The monoisotopic (exact) mass is 480 g/mol. The number of hydrogen-bond donors (Lipinski definition) is 1. The van der Waals surface area contributed by atoms with Crippen LogP contribution in [0, 0.1) is 11.3 Å². The highest BCUT2D eigenvalue weighted by atomic mass is 35.5. The number of nitrogens with one attached hydrogen (secondary N) is 1. The van der Waals surface area contributed by atoms with Gasteiger partial charge in [0.1, 0.15) is 0 Å². The molecular weight excluding hydrogens is 452 g/mol. The highest BCUT2D eigenvalue weighted by Gasteiger charge is 2.17. The van der Waals surface area contributed by atoms with Crippen molar-refractivity contribution in [3.05, 3.63) is 107 Å². The number of nitrogens with zero attached hydrogens (tertiary/aromatic N) is 3. The van der Waals surface area contributed by atoms with Gasteiger partial charge in [-0.05, 0) is 64.7 Å². The van der Waals surface area contributed by atoms with Gasteiger partial charge in [0.2, 0.25) is 0 Å². The second-order valence-electron chi connectivity index (χ2n) is 9.13. The van der Waals surface area contributed by atoms with Crippen LogP contribution < -0.4 is 10.2 Å². The lowest BCUT2D eigenvalue weighted by Crippen LogP contribution is -2.30. The molecule has 5 rings (SSSR count). The van der Waals surface area contributed by atoms with Crippen molar-refractivity contribution in [3.8, 4) is 6.07 Å². The largest absolute Gasteiger partial charge is 0.381 e. The lowest BCUT2D eigenvalue weighted by Gasteiger charge is -2.25. The first-order chi connectivity index (χ1) is 17.2. The maximum atomic E-state index is 9.17. The molecule has 4 aromatic carbocycles. The molecule has 1 aliphatic heterocycles. The molecule has 0 aromatic heterocycles. The van der Waals surface area contributed by atoms with Gasteiger partial charge in [0.25, 0.3) is 0 Å². The van der Waals surface area contributed by atoms with Crippen molar-refractivity contribution in [1.29, 1.82) is 5.26 Å². The Labute approximate surface area is 212 Å². The van der Waals surface area contributed by atoms with Crippen molar-refractivity contribution >= 4 is 33.7 Å². The van der Waals surface area contributed by atoms with Crippen LogP contribution in [0.1, 0.15) is 23.1 Å². The molecule has 35 heavy (non-hydrogen) atoms. The van der Waals surface area contributed by atoms with E-state index in [0.717, 1.165) is 66.3 Å². The minimum Gasteiger partial charge on any atom is -0.381 e. The molecule has 1 aliphatic rings. The first-order valence-electron chi connectivity index (χ1n) is 12.2. The van der Waals surface area contributed by atoms with Gasteiger partial charge in [0.15, 0.2) is 0 Å². The zero-order valence-corrected chi connectivity index (χ0v) is 20.5. The van der Waals surface area contributed by atoms with Gasteiger partial charge in [-0.3, -0.25) is 4.90 Å². The van der Waals surface area contributed by atoms with E-state index in [9.17, 15) is 0 Å². The van der Waals surface area contributed by atoms with Crippen molar-refractivity contribution in [2.45, 2.75) is 19.5 Å². The van der Waals surface area contributed by atoms with Crippen LogP contribution in [0.4, 0.5) is 11.4 Å². The van der Waals surface area contributed by atoms with Gasteiger partial charge in [-0.15, -0.1) is 0 Å². The maximum absolute atomic E-state index is 9.17. The molecule has 1 N–H and O–H groups in total. The average molecular weight is 481 g/mol. The van der Waals surface area contributed by atoms with Gasteiger partial charge in [0, 0.05) is 45.0 Å². The fraction of sp³-hybridized carbons (Fsp3) is 0.233. The zero-order chi connectivity index (χ0) is 24.0. The van der Waals surface area contributed by atoms with Crippen molar-refractivity contribution < 1.29 is 0 Å². The van der Waals surface area contributed by atoms with Crippen LogP contribution in [-0.2, 0) is 13.1 Å². The van der Waals surface area contributed by atoms with E-state index in [1.807, 2.05) is 24.3 Å². The van der Waals surface area contributed by atoms with Gasteiger partial charge in [-0.2, -0.15) is 5.26 Å². The Balaban J connectivity index is 1.21. The summed E-state index contributed by atoms with van der Waals surface area (Å²) in [5.41, 5.74) is 5.32. The Morgan fingerprint density at radius 2 is 1.66 bits per heavy atom. The van der Waals surface area contributed by atoms with Crippen molar-refractivity contribution in [3.63, 3.8) is 0 Å². The number of rotatable bonds is 6. The number of hydrogen-bond acceptors (Lipinski definition) is 4. The summed E-state index contributed by atoms with van der Waals surface area (Å²) in [6.45, 7) is 5.81. The van der Waals surface area contributed by atoms with Crippen molar-refractivity contribution in [2.75, 3.05) is 36.4 Å². The maximum Gasteiger partial charge on any atom is 0.0991 e. The molecule has 1 saturated heterocycles. The lowest BCUT2D eigenvalue weighted by molar-refractivity contribution is 0.285. The van der Waals surface area contributed by atoms with Gasteiger partial charge in [-0.25, -0.2) is 0 Å². The molecule has 5 heteroatoms. The fourth-order valence-corrected chi connectivity index (χ4v) is 5.06. The number of nitriles is 1. The summed E-state index contributed by atoms with van der Waals surface area (Å²) < 4.78 is 0. The molecule has 0 amide bonds. The number of anilines is 2. The summed E-state index contributed by atoms with van der Waals surface area (Å²) in [5.74, 6) is 0. The second-order valence-corrected chi connectivity index (χ2v) is 9.54. The molecule has 0 aliphatic carbocycles. The molecule has 176 valence electrons. The van der Waals surface area contributed by atoms with Crippen molar-refractivity contribution in [2.24, 2.45) is 0 Å². The molecule has 0 bridgehead atoms. The van der Waals surface area contributed by atoms with E-state index >= 15 is 0 Å². The smallest absolute Gasteiger partial charge is 0.0991 e. The SMILES string of the molecule is N#Cc1ccc2ccc(CNc3ccc(N4CCCN(Cc5ccccc5)CC4)c(Cl)c3)cc2c1. The molecule has 0 atom stereocenters. The van der Waals surface area contributed by atoms with Crippen LogP contribution in [-0.4, -0.2) is 31.1 Å². The summed E-state index contributed by atoms with van der Waals surface area (Å²) >= 11 is 6.75. The Morgan fingerprint density at radius 1 is 0.800 bits per heavy atom. The summed E-state index contributed by atoms with van der Waals surface area (Å²) in [4.78, 5) is 4.94. The van der Waals surface area contributed by atoms with E-state index in [-0.39, 0.29) is 0 Å². The molecule has 0 saturated carbocycles. The normalized spacial score (nSPS) is 14.5. The summed E-state index contributed by atoms with van der Waals surface area (Å²) in [7, 11) is 0. The summed E-state index contributed by atoms with van der Waals surface area (Å²) in [5, 5.41) is 15.7. The second kappa shape index (κ2) is 10.8. The molecule has 1 fully saturated rings. The summed E-state index contributed by atoms with van der Waals surface area (Å²) in [6, 6.07) is 31.3. The predicted molar refractivity (Wildman–Crippen MR) is 146 cm³/mol. The Bertz CT molecular complexity index is 1350. The van der Waals surface area contributed by atoms with Crippen LogP contribution in [0.5, 0.6) is 0 Å². The Hall–Kier alpha value is -3.52. The van der Waals surface area contributed by atoms with E-state index in [1.165, 1.54) is 11.1 Å². The van der Waals surface area contributed by atoms with E-state index in [0.29, 0.717) is 12.1 Å². The van der Waals surface area contributed by atoms with E-state index in [2.05, 4.69) is 81.8 Å². The van der Waals surface area contributed by atoms with Gasteiger partial charge >= 0.3 is 0 Å². The first-order valence-corrected chi connectivity index (χ1v) is 12.5. The highest BCUT2D eigenvalue weighted by Crippen LogP contribution is 2.30. The minimum absolute atomic E-state index is 0.682. The first kappa shape index (κ1) is 23.2. The Kier molecular flexibility index (Phi) is 7.18.